The Bertz CT molecular complexity index is 508. The van der Waals surface area contributed by atoms with Gasteiger partial charge < -0.3 is 14.8 Å². The van der Waals surface area contributed by atoms with Crippen molar-refractivity contribution in [3.05, 3.63) is 42.2 Å². The number of ether oxygens (including phenoxy) is 2. The van der Waals surface area contributed by atoms with Crippen LogP contribution in [0.5, 0.6) is 11.5 Å². The fourth-order valence-corrected chi connectivity index (χ4v) is 1.82. The van der Waals surface area contributed by atoms with Crippen LogP contribution in [0.2, 0.25) is 0 Å². The molecule has 108 valence electrons. The Morgan fingerprint density at radius 2 is 1.80 bits per heavy atom. The van der Waals surface area contributed by atoms with E-state index in [1.165, 1.54) is 5.56 Å². The summed E-state index contributed by atoms with van der Waals surface area (Å²) >= 11 is 0. The zero-order valence-corrected chi connectivity index (χ0v) is 12.0. The quantitative estimate of drug-likeness (QED) is 0.749. The lowest BCUT2D eigenvalue weighted by Gasteiger charge is -2.07. The molecule has 20 heavy (non-hydrogen) atoms. The smallest absolute Gasteiger partial charge is 0.157 e. The van der Waals surface area contributed by atoms with Crippen LogP contribution < -0.4 is 14.8 Å². The standard InChI is InChI=1S/C15H21N3O2/c1-3-18-12-15(11-17-18)20-9-8-19-14-6-4-13(5-7-14)10-16-2/h4-7,11-12,16H,3,8-10H2,1-2H3. The summed E-state index contributed by atoms with van der Waals surface area (Å²) in [5.74, 6) is 1.64. The third-order valence-electron chi connectivity index (χ3n) is 2.86. The Kier molecular flexibility index (Phi) is 5.43. The van der Waals surface area contributed by atoms with E-state index < -0.39 is 0 Å². The van der Waals surface area contributed by atoms with E-state index in [0.717, 1.165) is 24.6 Å². The topological polar surface area (TPSA) is 48.3 Å². The number of hydrogen-bond acceptors (Lipinski definition) is 4. The third-order valence-corrected chi connectivity index (χ3v) is 2.86. The molecule has 0 atom stereocenters. The molecule has 1 aromatic heterocycles. The lowest BCUT2D eigenvalue weighted by atomic mass is 10.2. The highest BCUT2D eigenvalue weighted by Gasteiger charge is 1.99. The number of aromatic nitrogens is 2. The van der Waals surface area contributed by atoms with Gasteiger partial charge in [-0.3, -0.25) is 4.68 Å². The molecule has 0 spiro atoms. The number of benzene rings is 1. The molecule has 0 saturated carbocycles. The summed E-state index contributed by atoms with van der Waals surface area (Å²) in [7, 11) is 1.93. The van der Waals surface area contributed by atoms with Crippen molar-refractivity contribution in [1.82, 2.24) is 15.1 Å². The molecule has 0 saturated heterocycles. The van der Waals surface area contributed by atoms with Gasteiger partial charge >= 0.3 is 0 Å². The van der Waals surface area contributed by atoms with Gasteiger partial charge in [0.2, 0.25) is 0 Å². The molecule has 1 aromatic carbocycles. The molecule has 0 fully saturated rings. The van der Waals surface area contributed by atoms with E-state index in [2.05, 4.69) is 22.5 Å². The molecule has 0 amide bonds. The Morgan fingerprint density at radius 1 is 1.10 bits per heavy atom. The van der Waals surface area contributed by atoms with Gasteiger partial charge in [-0.05, 0) is 31.7 Å². The number of hydrogen-bond donors (Lipinski definition) is 1. The number of rotatable bonds is 8. The predicted molar refractivity (Wildman–Crippen MR) is 78.1 cm³/mol. The highest BCUT2D eigenvalue weighted by atomic mass is 16.5. The maximum atomic E-state index is 5.62. The largest absolute Gasteiger partial charge is 0.490 e. The molecular formula is C15H21N3O2. The summed E-state index contributed by atoms with van der Waals surface area (Å²) in [4.78, 5) is 0. The van der Waals surface area contributed by atoms with Crippen molar-refractivity contribution < 1.29 is 9.47 Å². The van der Waals surface area contributed by atoms with E-state index in [1.54, 1.807) is 6.20 Å². The second kappa shape index (κ2) is 7.55. The van der Waals surface area contributed by atoms with Crippen molar-refractivity contribution in [1.29, 1.82) is 0 Å². The van der Waals surface area contributed by atoms with E-state index in [-0.39, 0.29) is 0 Å². The molecule has 5 nitrogen and oxygen atoms in total. The molecule has 0 aliphatic rings. The maximum Gasteiger partial charge on any atom is 0.157 e. The SMILES string of the molecule is CCn1cc(OCCOc2ccc(CNC)cc2)cn1. The molecule has 1 N–H and O–H groups in total. The first kappa shape index (κ1) is 14.4. The van der Waals surface area contributed by atoms with Gasteiger partial charge in [0.25, 0.3) is 0 Å². The fraction of sp³-hybridized carbons (Fsp3) is 0.400. The highest BCUT2D eigenvalue weighted by Crippen LogP contribution is 2.12. The van der Waals surface area contributed by atoms with E-state index in [9.17, 15) is 0 Å². The zero-order valence-electron chi connectivity index (χ0n) is 12.0. The third kappa shape index (κ3) is 4.28. The minimum Gasteiger partial charge on any atom is -0.490 e. The summed E-state index contributed by atoms with van der Waals surface area (Å²) in [5.41, 5.74) is 1.24. The highest BCUT2D eigenvalue weighted by molar-refractivity contribution is 5.27. The van der Waals surface area contributed by atoms with Gasteiger partial charge in [0.15, 0.2) is 5.75 Å². The molecule has 0 bridgehead atoms. The Labute approximate surface area is 119 Å². The predicted octanol–water partition coefficient (Wildman–Crippen LogP) is 2.08. The molecule has 0 unspecified atom stereocenters. The van der Waals surface area contributed by atoms with E-state index in [1.807, 2.05) is 37.0 Å². The minimum atomic E-state index is 0.508. The van der Waals surface area contributed by atoms with Gasteiger partial charge in [0.05, 0.1) is 12.4 Å². The maximum absolute atomic E-state index is 5.62. The van der Waals surface area contributed by atoms with Crippen LogP contribution in [0, 0.1) is 0 Å². The molecule has 0 aliphatic carbocycles. The van der Waals surface area contributed by atoms with Crippen molar-refractivity contribution >= 4 is 0 Å². The molecule has 2 rings (SSSR count). The van der Waals surface area contributed by atoms with Crippen LogP contribution in [0.15, 0.2) is 36.7 Å². The van der Waals surface area contributed by atoms with Crippen molar-refractivity contribution in [3.63, 3.8) is 0 Å². The first-order valence-electron chi connectivity index (χ1n) is 6.83. The average Bonchev–Trinajstić information content (AvgIpc) is 2.94. The second-order valence-electron chi connectivity index (χ2n) is 4.40. The first-order chi connectivity index (χ1) is 9.81. The normalized spacial score (nSPS) is 10.5. The molecular weight excluding hydrogens is 254 g/mol. The van der Waals surface area contributed by atoms with Crippen LogP contribution in [0.1, 0.15) is 12.5 Å². The van der Waals surface area contributed by atoms with Crippen LogP contribution >= 0.6 is 0 Å². The van der Waals surface area contributed by atoms with E-state index in [4.69, 9.17) is 9.47 Å². The first-order valence-corrected chi connectivity index (χ1v) is 6.83. The van der Waals surface area contributed by atoms with Gasteiger partial charge in [-0.15, -0.1) is 0 Å². The molecule has 0 radical (unpaired) electrons. The lowest BCUT2D eigenvalue weighted by molar-refractivity contribution is 0.217. The van der Waals surface area contributed by atoms with Gasteiger partial charge in [-0.2, -0.15) is 5.10 Å². The lowest BCUT2D eigenvalue weighted by Crippen LogP contribution is -2.09. The van der Waals surface area contributed by atoms with Gasteiger partial charge in [-0.1, -0.05) is 12.1 Å². The monoisotopic (exact) mass is 275 g/mol. The van der Waals surface area contributed by atoms with Crippen molar-refractivity contribution in [2.24, 2.45) is 0 Å². The number of nitrogens with one attached hydrogen (secondary N) is 1. The zero-order chi connectivity index (χ0) is 14.2. The van der Waals surface area contributed by atoms with E-state index in [0.29, 0.717) is 13.2 Å². The number of nitrogens with zero attached hydrogens (tertiary/aromatic N) is 2. The van der Waals surface area contributed by atoms with Crippen molar-refractivity contribution in [2.45, 2.75) is 20.0 Å². The van der Waals surface area contributed by atoms with Crippen molar-refractivity contribution in [2.75, 3.05) is 20.3 Å². The second-order valence-corrected chi connectivity index (χ2v) is 4.40. The Morgan fingerprint density at radius 3 is 2.40 bits per heavy atom. The van der Waals surface area contributed by atoms with E-state index >= 15 is 0 Å². The van der Waals surface area contributed by atoms with Crippen LogP contribution in [-0.4, -0.2) is 30.0 Å². The van der Waals surface area contributed by atoms with Crippen LogP contribution in [0.4, 0.5) is 0 Å². The minimum absolute atomic E-state index is 0.508. The van der Waals surface area contributed by atoms with Gasteiger partial charge in [0.1, 0.15) is 19.0 Å². The summed E-state index contributed by atoms with van der Waals surface area (Å²) in [6.45, 7) is 4.78. The molecule has 5 heteroatoms. The van der Waals surface area contributed by atoms with Crippen LogP contribution in [0.3, 0.4) is 0 Å². The van der Waals surface area contributed by atoms with Gasteiger partial charge in [0, 0.05) is 13.1 Å². The summed E-state index contributed by atoms with van der Waals surface area (Å²) in [6.07, 6.45) is 3.60. The molecule has 1 heterocycles. The average molecular weight is 275 g/mol. The Hall–Kier alpha value is -2.01. The Balaban J connectivity index is 1.70. The summed E-state index contributed by atoms with van der Waals surface area (Å²) in [5, 5.41) is 7.26. The van der Waals surface area contributed by atoms with Crippen LogP contribution in [0.25, 0.3) is 0 Å². The summed E-state index contributed by atoms with van der Waals surface area (Å²) < 4.78 is 13.0. The molecule has 0 aliphatic heterocycles. The molecule has 2 aromatic rings. The summed E-state index contributed by atoms with van der Waals surface area (Å²) in [6, 6.07) is 8.06. The number of aryl methyl sites for hydroxylation is 1. The van der Waals surface area contributed by atoms with Crippen molar-refractivity contribution in [3.8, 4) is 11.5 Å². The van der Waals surface area contributed by atoms with Gasteiger partial charge in [-0.25, -0.2) is 0 Å². The fourth-order valence-electron chi connectivity index (χ4n) is 1.82. The van der Waals surface area contributed by atoms with Crippen LogP contribution in [-0.2, 0) is 13.1 Å².